The monoisotopic (exact) mass is 463 g/mol. The lowest BCUT2D eigenvalue weighted by molar-refractivity contribution is -0.133. The number of nitrogens with zero attached hydrogens (tertiary/aromatic N) is 2. The summed E-state index contributed by atoms with van der Waals surface area (Å²) >= 11 is 0. The van der Waals surface area contributed by atoms with Crippen LogP contribution in [0.15, 0.2) is 54.6 Å². The molecule has 2 aromatic rings. The van der Waals surface area contributed by atoms with Crippen LogP contribution in [0.5, 0.6) is 11.5 Å². The fourth-order valence-electron chi connectivity index (χ4n) is 5.03. The van der Waals surface area contributed by atoms with Gasteiger partial charge in [-0.2, -0.15) is 0 Å². The molecule has 0 unspecified atom stereocenters. The maximum atomic E-state index is 13.3. The van der Waals surface area contributed by atoms with E-state index in [1.54, 1.807) is 21.3 Å². The van der Waals surface area contributed by atoms with E-state index in [-0.39, 0.29) is 17.9 Å². The highest BCUT2D eigenvalue weighted by molar-refractivity contribution is 6.07. The first kappa shape index (κ1) is 23.8. The van der Waals surface area contributed by atoms with Gasteiger partial charge in [-0.25, -0.2) is 4.79 Å². The van der Waals surface area contributed by atoms with Crippen LogP contribution < -0.4 is 14.8 Å². The minimum absolute atomic E-state index is 0.0712. The first-order valence-corrected chi connectivity index (χ1v) is 11.7. The van der Waals surface area contributed by atoms with Gasteiger partial charge in [0.2, 0.25) is 0 Å². The van der Waals surface area contributed by atoms with Gasteiger partial charge in [0.25, 0.3) is 5.91 Å². The summed E-state index contributed by atoms with van der Waals surface area (Å²) in [5, 5.41) is 3.07. The Bertz CT molecular complexity index is 1040. The van der Waals surface area contributed by atoms with Crippen molar-refractivity contribution >= 4 is 18.0 Å². The summed E-state index contributed by atoms with van der Waals surface area (Å²) in [7, 11) is 4.85. The number of rotatable bonds is 8. The van der Waals surface area contributed by atoms with Crippen LogP contribution >= 0.6 is 0 Å². The Morgan fingerprint density at radius 1 is 1.03 bits per heavy atom. The average Bonchev–Trinajstić information content (AvgIpc) is 3.09. The van der Waals surface area contributed by atoms with Gasteiger partial charge in [0.1, 0.15) is 17.0 Å². The summed E-state index contributed by atoms with van der Waals surface area (Å²) in [4.78, 5) is 29.4. The van der Waals surface area contributed by atoms with Gasteiger partial charge >= 0.3 is 6.03 Å². The molecule has 0 bridgehead atoms. The van der Waals surface area contributed by atoms with Crippen molar-refractivity contribution in [2.75, 3.05) is 40.9 Å². The van der Waals surface area contributed by atoms with Crippen molar-refractivity contribution in [2.45, 2.75) is 24.8 Å². The maximum Gasteiger partial charge on any atom is 0.324 e. The van der Waals surface area contributed by atoms with Crippen LogP contribution in [0.2, 0.25) is 0 Å². The molecule has 0 spiro atoms. The van der Waals surface area contributed by atoms with E-state index in [2.05, 4.69) is 22.4 Å². The molecular weight excluding hydrogens is 430 g/mol. The van der Waals surface area contributed by atoms with E-state index in [1.165, 1.54) is 4.90 Å². The molecule has 2 aliphatic heterocycles. The minimum Gasteiger partial charge on any atom is -0.497 e. The number of urea groups is 1. The van der Waals surface area contributed by atoms with Crippen LogP contribution in [-0.2, 0) is 11.2 Å². The molecular formula is C27H33N3O4. The molecule has 4 rings (SSSR count). The molecule has 180 valence electrons. The lowest BCUT2D eigenvalue weighted by atomic mass is 9.74. The van der Waals surface area contributed by atoms with E-state index < -0.39 is 5.54 Å². The third-order valence-corrected chi connectivity index (χ3v) is 7.01. The van der Waals surface area contributed by atoms with Gasteiger partial charge in [-0.3, -0.25) is 14.6 Å². The highest BCUT2D eigenvalue weighted by Crippen LogP contribution is 2.36. The Hall–Kier alpha value is -3.32. The Labute approximate surface area is 201 Å². The molecule has 2 aromatic carbocycles. The highest BCUT2D eigenvalue weighted by Gasteiger charge is 2.54. The Morgan fingerprint density at radius 2 is 1.74 bits per heavy atom. The molecule has 2 saturated heterocycles. The predicted octanol–water partition coefficient (Wildman–Crippen LogP) is 3.59. The second-order valence-corrected chi connectivity index (χ2v) is 9.04. The maximum absolute atomic E-state index is 13.3. The van der Waals surface area contributed by atoms with Crippen molar-refractivity contribution in [1.82, 2.24) is 15.1 Å². The summed E-state index contributed by atoms with van der Waals surface area (Å²) in [6.07, 6.45) is 6.44. The van der Waals surface area contributed by atoms with Crippen LogP contribution in [0.3, 0.4) is 0 Å². The molecule has 1 N–H and O–H groups in total. The normalized spacial score (nSPS) is 21.8. The van der Waals surface area contributed by atoms with Crippen LogP contribution in [0.25, 0.3) is 6.08 Å². The smallest absolute Gasteiger partial charge is 0.324 e. The van der Waals surface area contributed by atoms with Crippen molar-refractivity contribution in [3.63, 3.8) is 0 Å². The molecule has 0 aromatic heterocycles. The van der Waals surface area contributed by atoms with Crippen molar-refractivity contribution in [1.29, 1.82) is 0 Å². The van der Waals surface area contributed by atoms with E-state index in [0.29, 0.717) is 6.42 Å². The zero-order valence-corrected chi connectivity index (χ0v) is 20.1. The van der Waals surface area contributed by atoms with E-state index >= 15 is 0 Å². The van der Waals surface area contributed by atoms with Gasteiger partial charge in [0.05, 0.1) is 14.2 Å². The predicted molar refractivity (Wildman–Crippen MR) is 132 cm³/mol. The number of benzene rings is 2. The summed E-state index contributed by atoms with van der Waals surface area (Å²) in [5.41, 5.74) is 1.20. The number of hydrogen-bond donors (Lipinski definition) is 1. The summed E-state index contributed by atoms with van der Waals surface area (Å²) < 4.78 is 10.6. The van der Waals surface area contributed by atoms with Crippen LogP contribution in [0.4, 0.5) is 4.79 Å². The number of likely N-dealkylation sites (N-methyl/N-ethyl adjacent to an activating group) is 1. The SMILES string of the molecule is COc1ccc(/C=C/CN2CCC([C@]3(Cc4cccc(OC)c4)NC(=O)N(C)C3=O)CC2)cc1. The summed E-state index contributed by atoms with van der Waals surface area (Å²) in [6.45, 7) is 2.61. The first-order valence-electron chi connectivity index (χ1n) is 11.7. The standard InChI is InChI=1S/C27H33N3O4/c1-29-25(31)27(28-26(29)32,19-21-6-4-8-24(18-21)34-3)22-13-16-30(17-14-22)15-5-7-20-9-11-23(33-2)12-10-20/h4-12,18,22H,13-17,19H2,1-3H3,(H,28,32)/b7-5+/t27-/m0/s1. The average molecular weight is 464 g/mol. The topological polar surface area (TPSA) is 71.1 Å². The van der Waals surface area contributed by atoms with Crippen molar-refractivity contribution in [2.24, 2.45) is 5.92 Å². The Balaban J connectivity index is 1.42. The van der Waals surface area contributed by atoms with Gasteiger partial charge in [0.15, 0.2) is 0 Å². The van der Waals surface area contributed by atoms with Crippen LogP contribution in [0.1, 0.15) is 24.0 Å². The Kier molecular flexibility index (Phi) is 7.22. The number of imide groups is 1. The van der Waals surface area contributed by atoms with Crippen molar-refractivity contribution < 1.29 is 19.1 Å². The molecule has 3 amide bonds. The van der Waals surface area contributed by atoms with Gasteiger partial charge in [-0.1, -0.05) is 36.4 Å². The quantitative estimate of drug-likeness (QED) is 0.606. The number of ether oxygens (including phenoxy) is 2. The van der Waals surface area contributed by atoms with Crippen LogP contribution in [-0.4, -0.2) is 68.2 Å². The molecule has 0 saturated carbocycles. The fraction of sp³-hybridized carbons (Fsp3) is 0.407. The Morgan fingerprint density at radius 3 is 2.35 bits per heavy atom. The van der Waals surface area contributed by atoms with Crippen molar-refractivity contribution in [3.8, 4) is 11.5 Å². The second-order valence-electron chi connectivity index (χ2n) is 9.04. The molecule has 2 heterocycles. The zero-order chi connectivity index (χ0) is 24.1. The number of carbonyl (C=O) groups excluding carboxylic acids is 2. The number of amides is 3. The molecule has 1 atom stereocenters. The molecule has 0 aliphatic carbocycles. The molecule has 2 fully saturated rings. The number of likely N-dealkylation sites (tertiary alicyclic amines) is 1. The number of carbonyl (C=O) groups is 2. The molecule has 0 radical (unpaired) electrons. The largest absolute Gasteiger partial charge is 0.497 e. The third kappa shape index (κ3) is 4.94. The summed E-state index contributed by atoms with van der Waals surface area (Å²) in [5.74, 6) is 1.53. The zero-order valence-electron chi connectivity index (χ0n) is 20.1. The molecule has 7 nitrogen and oxygen atoms in total. The van der Waals surface area contributed by atoms with Gasteiger partial charge < -0.3 is 14.8 Å². The van der Waals surface area contributed by atoms with Crippen LogP contribution in [0, 0.1) is 5.92 Å². The lowest BCUT2D eigenvalue weighted by Gasteiger charge is -2.40. The van der Waals surface area contributed by atoms with E-state index in [4.69, 9.17) is 9.47 Å². The van der Waals surface area contributed by atoms with E-state index in [0.717, 1.165) is 55.1 Å². The second kappa shape index (κ2) is 10.3. The van der Waals surface area contributed by atoms with E-state index in [1.807, 2.05) is 48.5 Å². The fourth-order valence-corrected chi connectivity index (χ4v) is 5.03. The first-order chi connectivity index (χ1) is 16.4. The number of hydrogen-bond acceptors (Lipinski definition) is 5. The number of nitrogens with one attached hydrogen (secondary N) is 1. The van der Waals surface area contributed by atoms with Gasteiger partial charge in [-0.15, -0.1) is 0 Å². The molecule has 7 heteroatoms. The van der Waals surface area contributed by atoms with Crippen molar-refractivity contribution in [3.05, 3.63) is 65.7 Å². The van der Waals surface area contributed by atoms with Gasteiger partial charge in [0, 0.05) is 20.0 Å². The molecule has 2 aliphatic rings. The highest BCUT2D eigenvalue weighted by atomic mass is 16.5. The van der Waals surface area contributed by atoms with Gasteiger partial charge in [-0.05, 0) is 67.2 Å². The third-order valence-electron chi connectivity index (χ3n) is 7.01. The lowest BCUT2D eigenvalue weighted by Crippen LogP contribution is -2.57. The number of piperidine rings is 1. The minimum atomic E-state index is -0.913. The summed E-state index contributed by atoms with van der Waals surface area (Å²) in [6, 6.07) is 15.4. The van der Waals surface area contributed by atoms with E-state index in [9.17, 15) is 9.59 Å². The molecule has 34 heavy (non-hydrogen) atoms. The number of methoxy groups -OCH3 is 2.